The van der Waals surface area contributed by atoms with Crippen molar-refractivity contribution in [3.8, 4) is 6.19 Å². The minimum atomic E-state index is 0.433. The highest BCUT2D eigenvalue weighted by Gasteiger charge is 1.92. The predicted octanol–water partition coefficient (Wildman–Crippen LogP) is -1.46. The van der Waals surface area contributed by atoms with E-state index in [2.05, 4.69) is 15.4 Å². The summed E-state index contributed by atoms with van der Waals surface area (Å²) in [5, 5.41) is 15.4. The predicted molar refractivity (Wildman–Crippen MR) is 31.1 cm³/mol. The van der Waals surface area contributed by atoms with Gasteiger partial charge in [-0.25, -0.2) is 9.36 Å². The van der Waals surface area contributed by atoms with Crippen molar-refractivity contribution in [1.29, 1.82) is 5.26 Å². The van der Waals surface area contributed by atoms with Crippen molar-refractivity contribution in [1.82, 2.24) is 19.8 Å². The van der Waals surface area contributed by atoms with Gasteiger partial charge in [0.1, 0.15) is 0 Å². The number of hydrogen-bond acceptors (Lipinski definition) is 4. The molecule has 0 bridgehead atoms. The Bertz CT molecular complexity index is 300. The molecule has 1 aromatic rings. The van der Waals surface area contributed by atoms with E-state index < -0.39 is 0 Å². The lowest BCUT2D eigenvalue weighted by Crippen LogP contribution is -2.22. The Hall–Kier alpha value is -1.64. The maximum atomic E-state index is 8.19. The topological polar surface area (TPSA) is 71.8 Å². The highest BCUT2D eigenvalue weighted by molar-refractivity contribution is 4.66. The van der Waals surface area contributed by atoms with Crippen molar-refractivity contribution in [2.75, 3.05) is 0 Å². The van der Waals surface area contributed by atoms with Gasteiger partial charge in [0.2, 0.25) is 6.19 Å². The number of tetrazole rings is 1. The van der Waals surface area contributed by atoms with Crippen LogP contribution in [0, 0.1) is 11.5 Å². The number of nitriles is 1. The van der Waals surface area contributed by atoms with Crippen molar-refractivity contribution in [3.63, 3.8) is 0 Å². The van der Waals surface area contributed by atoms with E-state index in [1.54, 1.807) is 20.3 Å². The van der Waals surface area contributed by atoms with Gasteiger partial charge in [-0.15, -0.1) is 4.99 Å². The lowest BCUT2D eigenvalue weighted by atomic mass is 11.0. The lowest BCUT2D eigenvalue weighted by Gasteiger charge is -1.82. The van der Waals surface area contributed by atoms with Crippen LogP contribution in [0.3, 0.4) is 0 Å². The fourth-order valence-electron chi connectivity index (χ4n) is 0.599. The molecular formula is C4H6N6. The first-order chi connectivity index (χ1) is 4.75. The molecule has 1 heterocycles. The average Bonchev–Trinajstić information content (AvgIpc) is 2.20. The molecule has 0 radical (unpaired) electrons. The van der Waals surface area contributed by atoms with E-state index in [1.807, 2.05) is 0 Å². The van der Waals surface area contributed by atoms with Gasteiger partial charge in [0.05, 0.1) is 0 Å². The standard InChI is InChI=1S/C4H6N6/c1-9-4(6-3-5)10(2)8-7-9/h1-2H3. The molecule has 0 amide bonds. The Balaban J connectivity index is 3.40. The first-order valence-corrected chi connectivity index (χ1v) is 2.61. The maximum Gasteiger partial charge on any atom is 0.256 e. The molecule has 0 fully saturated rings. The fourth-order valence-corrected chi connectivity index (χ4v) is 0.599. The number of aromatic nitrogens is 4. The van der Waals surface area contributed by atoms with Crippen LogP contribution in [0.4, 0.5) is 0 Å². The van der Waals surface area contributed by atoms with Crippen molar-refractivity contribution in [3.05, 3.63) is 5.62 Å². The Morgan fingerprint density at radius 1 is 1.40 bits per heavy atom. The van der Waals surface area contributed by atoms with Gasteiger partial charge in [0.15, 0.2) is 0 Å². The molecular weight excluding hydrogens is 132 g/mol. The molecule has 0 atom stereocenters. The van der Waals surface area contributed by atoms with E-state index in [-0.39, 0.29) is 0 Å². The van der Waals surface area contributed by atoms with Gasteiger partial charge >= 0.3 is 0 Å². The largest absolute Gasteiger partial charge is 0.256 e. The minimum Gasteiger partial charge on any atom is -0.214 e. The molecule has 0 aliphatic heterocycles. The van der Waals surface area contributed by atoms with Gasteiger partial charge < -0.3 is 0 Å². The molecule has 6 nitrogen and oxygen atoms in total. The van der Waals surface area contributed by atoms with E-state index in [0.717, 1.165) is 0 Å². The van der Waals surface area contributed by atoms with Gasteiger partial charge in [-0.3, -0.25) is 0 Å². The third-order valence-electron chi connectivity index (χ3n) is 1.04. The molecule has 0 unspecified atom stereocenters. The Morgan fingerprint density at radius 3 is 2.30 bits per heavy atom. The van der Waals surface area contributed by atoms with E-state index in [4.69, 9.17) is 5.26 Å². The molecule has 0 aliphatic rings. The Morgan fingerprint density at radius 2 is 1.90 bits per heavy atom. The summed E-state index contributed by atoms with van der Waals surface area (Å²) in [6.07, 6.45) is 1.66. The van der Waals surface area contributed by atoms with Crippen LogP contribution < -0.4 is 5.62 Å². The molecule has 0 spiro atoms. The second kappa shape index (κ2) is 2.31. The average molecular weight is 138 g/mol. The molecule has 0 saturated heterocycles. The Kier molecular flexibility index (Phi) is 1.49. The summed E-state index contributed by atoms with van der Waals surface area (Å²) in [6, 6.07) is 0. The zero-order valence-corrected chi connectivity index (χ0v) is 5.68. The molecule has 10 heavy (non-hydrogen) atoms. The summed E-state index contributed by atoms with van der Waals surface area (Å²) in [4.78, 5) is 3.47. The molecule has 0 saturated carbocycles. The highest BCUT2D eigenvalue weighted by atomic mass is 15.6. The SMILES string of the molecule is Cn1nnn(C)c1=NC#N. The summed E-state index contributed by atoms with van der Waals surface area (Å²) in [5.41, 5.74) is 0.433. The van der Waals surface area contributed by atoms with Gasteiger partial charge in [-0.1, -0.05) is 0 Å². The van der Waals surface area contributed by atoms with Gasteiger partial charge in [0.25, 0.3) is 5.62 Å². The van der Waals surface area contributed by atoms with Crippen LogP contribution in [0.15, 0.2) is 4.99 Å². The third-order valence-corrected chi connectivity index (χ3v) is 1.04. The highest BCUT2D eigenvalue weighted by Crippen LogP contribution is 1.62. The van der Waals surface area contributed by atoms with Gasteiger partial charge in [-0.2, -0.15) is 5.26 Å². The minimum absolute atomic E-state index is 0.433. The van der Waals surface area contributed by atoms with Crippen LogP contribution in [0.2, 0.25) is 0 Å². The van der Waals surface area contributed by atoms with Crippen LogP contribution in [0.1, 0.15) is 0 Å². The molecule has 0 N–H and O–H groups in total. The van der Waals surface area contributed by atoms with Crippen molar-refractivity contribution < 1.29 is 0 Å². The summed E-state index contributed by atoms with van der Waals surface area (Å²) < 4.78 is 2.84. The fraction of sp³-hybridized carbons (Fsp3) is 0.500. The molecule has 1 rings (SSSR count). The zero-order valence-electron chi connectivity index (χ0n) is 5.68. The van der Waals surface area contributed by atoms with Crippen LogP contribution in [-0.4, -0.2) is 19.8 Å². The normalized spacial score (nSPS) is 8.90. The summed E-state index contributed by atoms with van der Waals surface area (Å²) in [5.74, 6) is 0. The van der Waals surface area contributed by atoms with Crippen LogP contribution in [-0.2, 0) is 14.1 Å². The summed E-state index contributed by atoms with van der Waals surface area (Å²) in [6.45, 7) is 0. The smallest absolute Gasteiger partial charge is 0.214 e. The first-order valence-electron chi connectivity index (χ1n) is 2.61. The van der Waals surface area contributed by atoms with E-state index >= 15 is 0 Å². The molecule has 1 aromatic heterocycles. The molecule has 52 valence electrons. The van der Waals surface area contributed by atoms with Gasteiger partial charge in [0, 0.05) is 14.1 Å². The monoisotopic (exact) mass is 138 g/mol. The van der Waals surface area contributed by atoms with E-state index in [1.165, 1.54) is 9.36 Å². The summed E-state index contributed by atoms with van der Waals surface area (Å²) in [7, 11) is 3.34. The zero-order chi connectivity index (χ0) is 7.56. The molecule has 0 aliphatic carbocycles. The number of rotatable bonds is 0. The number of aryl methyl sites for hydroxylation is 2. The van der Waals surface area contributed by atoms with Crippen LogP contribution >= 0.6 is 0 Å². The second-order valence-corrected chi connectivity index (χ2v) is 1.74. The third kappa shape index (κ3) is 0.886. The lowest BCUT2D eigenvalue weighted by molar-refractivity contribution is 0.681. The van der Waals surface area contributed by atoms with Gasteiger partial charge in [-0.05, 0) is 10.4 Å². The maximum absolute atomic E-state index is 8.19. The Labute approximate surface area is 57.0 Å². The quantitative estimate of drug-likeness (QED) is 0.411. The van der Waals surface area contributed by atoms with Crippen LogP contribution in [0.5, 0.6) is 0 Å². The number of nitrogens with zero attached hydrogens (tertiary/aromatic N) is 6. The van der Waals surface area contributed by atoms with Crippen molar-refractivity contribution >= 4 is 0 Å². The van der Waals surface area contributed by atoms with Crippen molar-refractivity contribution in [2.45, 2.75) is 0 Å². The summed E-state index contributed by atoms with van der Waals surface area (Å²) >= 11 is 0. The molecule has 6 heteroatoms. The molecule has 0 aromatic carbocycles. The van der Waals surface area contributed by atoms with Crippen molar-refractivity contribution in [2.24, 2.45) is 19.1 Å². The first kappa shape index (κ1) is 6.48. The van der Waals surface area contributed by atoms with E-state index in [9.17, 15) is 0 Å². The second-order valence-electron chi connectivity index (χ2n) is 1.74. The van der Waals surface area contributed by atoms with E-state index in [0.29, 0.717) is 5.62 Å². The van der Waals surface area contributed by atoms with Crippen LogP contribution in [0.25, 0.3) is 0 Å². The number of hydrogen-bond donors (Lipinski definition) is 0.